The van der Waals surface area contributed by atoms with Crippen molar-refractivity contribution in [2.24, 2.45) is 5.92 Å². The molecule has 0 atom stereocenters. The van der Waals surface area contributed by atoms with Crippen LogP contribution >= 0.6 is 0 Å². The summed E-state index contributed by atoms with van der Waals surface area (Å²) < 4.78 is 16.9. The molecular formula is C32H40N4O7. The zero-order valence-corrected chi connectivity index (χ0v) is 24.9. The Morgan fingerprint density at radius 3 is 2.35 bits per heavy atom. The van der Waals surface area contributed by atoms with Gasteiger partial charge in [0.15, 0.2) is 11.9 Å². The fourth-order valence-corrected chi connectivity index (χ4v) is 5.10. The number of piperidine rings is 1. The summed E-state index contributed by atoms with van der Waals surface area (Å²) >= 11 is 0. The van der Waals surface area contributed by atoms with Gasteiger partial charge in [0.2, 0.25) is 0 Å². The molecule has 0 bridgehead atoms. The zero-order chi connectivity index (χ0) is 31.2. The zero-order valence-electron chi connectivity index (χ0n) is 24.9. The molecule has 3 aromatic rings. The summed E-state index contributed by atoms with van der Waals surface area (Å²) in [6, 6.07) is 14.2. The molecule has 230 valence electrons. The minimum Gasteiger partial charge on any atom is -0.478 e. The molecule has 11 heteroatoms. The molecule has 0 amide bonds. The topological polar surface area (TPSA) is 158 Å². The van der Waals surface area contributed by atoms with E-state index in [1.165, 1.54) is 12.8 Å². The normalized spacial score (nSPS) is 15.9. The summed E-state index contributed by atoms with van der Waals surface area (Å²) in [5, 5.41) is 33.1. The average Bonchev–Trinajstić information content (AvgIpc) is 3.67. The smallest absolute Gasteiger partial charge is 0.328 e. The summed E-state index contributed by atoms with van der Waals surface area (Å²) in [7, 11) is 3.75. The fraction of sp³-hybridized carbons (Fsp3) is 0.438. The molecule has 0 spiro atoms. The number of carboxylic acids is 2. The lowest BCUT2D eigenvalue weighted by atomic mass is 9.90. The van der Waals surface area contributed by atoms with Crippen molar-refractivity contribution in [3.05, 3.63) is 65.4 Å². The van der Waals surface area contributed by atoms with Gasteiger partial charge in [-0.2, -0.15) is 5.26 Å². The highest BCUT2D eigenvalue weighted by Gasteiger charge is 2.25. The van der Waals surface area contributed by atoms with Crippen LogP contribution in [0.2, 0.25) is 0 Å². The highest BCUT2D eigenvalue weighted by molar-refractivity contribution is 5.90. The molecule has 0 radical (unpaired) electrons. The SMILES string of the molecule is CNC.Cc1c(-c2cccc(C#N)c2)ccc2c(CCC3CCN(CC4OCCO4)CC3)noc12.O=C(O)C=CC(=O)O. The second kappa shape index (κ2) is 17.1. The van der Waals surface area contributed by atoms with E-state index in [-0.39, 0.29) is 6.29 Å². The number of rotatable bonds is 8. The number of carbonyl (C=O) groups is 2. The van der Waals surface area contributed by atoms with Gasteiger partial charge < -0.3 is 29.5 Å². The molecule has 2 aliphatic heterocycles. The number of nitrogens with one attached hydrogen (secondary N) is 1. The summed E-state index contributed by atoms with van der Waals surface area (Å²) in [5.41, 5.74) is 5.75. The first-order valence-corrected chi connectivity index (χ1v) is 14.3. The van der Waals surface area contributed by atoms with Gasteiger partial charge in [-0.3, -0.25) is 4.90 Å². The van der Waals surface area contributed by atoms with Crippen molar-refractivity contribution in [3.63, 3.8) is 0 Å². The number of carboxylic acid groups (broad SMARTS) is 2. The van der Waals surface area contributed by atoms with Crippen LogP contribution in [0.15, 0.2) is 53.1 Å². The molecule has 0 unspecified atom stereocenters. The van der Waals surface area contributed by atoms with Gasteiger partial charge in [-0.25, -0.2) is 9.59 Å². The van der Waals surface area contributed by atoms with Gasteiger partial charge >= 0.3 is 11.9 Å². The summed E-state index contributed by atoms with van der Waals surface area (Å²) in [5.74, 6) is -1.79. The van der Waals surface area contributed by atoms with Gasteiger partial charge in [0.05, 0.1) is 30.5 Å². The van der Waals surface area contributed by atoms with E-state index >= 15 is 0 Å². The molecule has 11 nitrogen and oxygen atoms in total. The van der Waals surface area contributed by atoms with E-state index in [0.29, 0.717) is 17.7 Å². The fourth-order valence-electron chi connectivity index (χ4n) is 5.10. The first kappa shape index (κ1) is 33.4. The molecule has 2 fully saturated rings. The van der Waals surface area contributed by atoms with Crippen LogP contribution in [-0.2, 0) is 25.5 Å². The Bertz CT molecular complexity index is 1400. The Labute approximate surface area is 251 Å². The molecule has 2 saturated heterocycles. The summed E-state index contributed by atoms with van der Waals surface area (Å²) in [6.07, 6.45) is 5.57. The van der Waals surface area contributed by atoms with E-state index in [4.69, 9.17) is 24.2 Å². The second-order valence-corrected chi connectivity index (χ2v) is 10.4. The van der Waals surface area contributed by atoms with Gasteiger partial charge in [0.25, 0.3) is 0 Å². The first-order valence-electron chi connectivity index (χ1n) is 14.3. The van der Waals surface area contributed by atoms with E-state index in [2.05, 4.69) is 40.5 Å². The lowest BCUT2D eigenvalue weighted by Crippen LogP contribution is -2.39. The van der Waals surface area contributed by atoms with Crippen LogP contribution in [0.1, 0.15) is 36.1 Å². The summed E-state index contributed by atoms with van der Waals surface area (Å²) in [4.78, 5) is 21.6. The number of aryl methyl sites for hydroxylation is 2. The number of nitrogens with zero attached hydrogens (tertiary/aromatic N) is 3. The van der Waals surface area contributed by atoms with E-state index in [9.17, 15) is 14.9 Å². The largest absolute Gasteiger partial charge is 0.478 e. The molecule has 1 aromatic heterocycles. The van der Waals surface area contributed by atoms with Gasteiger partial charge in [0, 0.05) is 29.6 Å². The van der Waals surface area contributed by atoms with E-state index in [1.54, 1.807) is 0 Å². The number of hydrogen-bond donors (Lipinski definition) is 3. The van der Waals surface area contributed by atoms with Crippen LogP contribution in [0.5, 0.6) is 0 Å². The first-order chi connectivity index (χ1) is 20.7. The van der Waals surface area contributed by atoms with E-state index in [0.717, 1.165) is 85.0 Å². The van der Waals surface area contributed by atoms with Gasteiger partial charge in [-0.15, -0.1) is 0 Å². The summed E-state index contributed by atoms with van der Waals surface area (Å²) in [6.45, 7) is 6.62. The van der Waals surface area contributed by atoms with Gasteiger partial charge in [-0.1, -0.05) is 23.4 Å². The molecule has 2 aromatic carbocycles. The van der Waals surface area contributed by atoms with Gasteiger partial charge in [0.1, 0.15) is 0 Å². The highest BCUT2D eigenvalue weighted by Crippen LogP contribution is 2.33. The Balaban J connectivity index is 0.000000396. The maximum Gasteiger partial charge on any atom is 0.328 e. The third kappa shape index (κ3) is 10.3. The van der Waals surface area contributed by atoms with Crippen LogP contribution in [0.3, 0.4) is 0 Å². The number of benzene rings is 2. The van der Waals surface area contributed by atoms with Crippen molar-refractivity contribution in [3.8, 4) is 17.2 Å². The Hall–Kier alpha value is -4.08. The maximum atomic E-state index is 9.55. The number of hydrogen-bond acceptors (Lipinski definition) is 9. The predicted octanol–water partition coefficient (Wildman–Crippen LogP) is 4.24. The molecule has 0 saturated carbocycles. The third-order valence-electron chi connectivity index (χ3n) is 7.23. The lowest BCUT2D eigenvalue weighted by Gasteiger charge is -2.32. The Morgan fingerprint density at radius 1 is 1.09 bits per heavy atom. The van der Waals surface area contributed by atoms with E-state index < -0.39 is 11.9 Å². The number of fused-ring (bicyclic) bond motifs is 1. The van der Waals surface area contributed by atoms with Crippen LogP contribution in [0, 0.1) is 24.2 Å². The van der Waals surface area contributed by atoms with Crippen LogP contribution in [-0.4, -0.2) is 85.4 Å². The number of likely N-dealkylation sites (tertiary alicyclic amines) is 1. The minimum absolute atomic E-state index is 0.0384. The molecule has 43 heavy (non-hydrogen) atoms. The third-order valence-corrected chi connectivity index (χ3v) is 7.23. The van der Waals surface area contributed by atoms with Crippen molar-refractivity contribution in [2.45, 2.75) is 38.9 Å². The number of nitriles is 1. The van der Waals surface area contributed by atoms with Crippen molar-refractivity contribution in [1.82, 2.24) is 15.4 Å². The number of ether oxygens (including phenoxy) is 2. The van der Waals surface area contributed by atoms with E-state index in [1.807, 2.05) is 38.4 Å². The monoisotopic (exact) mass is 592 g/mol. The van der Waals surface area contributed by atoms with Crippen molar-refractivity contribution < 1.29 is 33.8 Å². The molecular weight excluding hydrogens is 552 g/mol. The van der Waals surface area contributed by atoms with Crippen molar-refractivity contribution in [1.29, 1.82) is 5.26 Å². The van der Waals surface area contributed by atoms with Crippen molar-refractivity contribution >= 4 is 22.9 Å². The lowest BCUT2D eigenvalue weighted by molar-refractivity contribution is -0.134. The Morgan fingerprint density at radius 2 is 1.74 bits per heavy atom. The van der Waals surface area contributed by atoms with Crippen LogP contribution < -0.4 is 5.32 Å². The predicted molar refractivity (Wildman–Crippen MR) is 161 cm³/mol. The Kier molecular flexibility index (Phi) is 13.3. The van der Waals surface area contributed by atoms with Crippen LogP contribution in [0.25, 0.3) is 22.1 Å². The average molecular weight is 593 g/mol. The standard InChI is InChI=1S/C26H29N3O3.C4H4O4.C2H7N/c1-18-22(21-4-2-3-20(15-21)16-27)6-7-23-24(28-32-26(18)23)8-5-19-9-11-29(12-10-19)17-25-30-13-14-31-25;5-3(6)1-2-4(7)8;1-3-2/h2-4,6-7,15,19,25H,5,8-14,17H2,1H3;1-2H,(H,5,6)(H,7,8);3H,1-2H3. The highest BCUT2D eigenvalue weighted by atomic mass is 16.7. The second-order valence-electron chi connectivity index (χ2n) is 10.4. The molecule has 2 aliphatic rings. The van der Waals surface area contributed by atoms with Crippen molar-refractivity contribution in [2.75, 3.05) is 46.9 Å². The maximum absolute atomic E-state index is 9.55. The number of aliphatic carboxylic acids is 2. The minimum atomic E-state index is -1.26. The molecule has 0 aliphatic carbocycles. The molecule has 3 N–H and O–H groups in total. The van der Waals surface area contributed by atoms with Gasteiger partial charge in [-0.05, 0) is 95.0 Å². The van der Waals surface area contributed by atoms with Crippen LogP contribution in [0.4, 0.5) is 0 Å². The molecule has 5 rings (SSSR count). The number of aromatic nitrogens is 1. The quantitative estimate of drug-likeness (QED) is 0.321. The molecule has 3 heterocycles.